The van der Waals surface area contributed by atoms with E-state index in [4.69, 9.17) is 28.5 Å². The Labute approximate surface area is 128 Å². The van der Waals surface area contributed by atoms with Gasteiger partial charge >= 0.3 is 0 Å². The first-order valence-electron chi connectivity index (χ1n) is 6.29. The molecule has 0 fully saturated rings. The monoisotopic (exact) mass is 304 g/mol. The molecule has 0 aromatic heterocycles. The van der Waals surface area contributed by atoms with Gasteiger partial charge in [0.25, 0.3) is 0 Å². The Morgan fingerprint density at radius 3 is 2.50 bits per heavy atom. The summed E-state index contributed by atoms with van der Waals surface area (Å²) in [5.74, 6) is 0. The third-order valence-corrected chi connectivity index (χ3v) is 3.54. The molecule has 2 rings (SSSR count). The van der Waals surface area contributed by atoms with Crippen molar-refractivity contribution in [3.8, 4) is 6.07 Å². The normalized spacial score (nSPS) is 11.7. The summed E-state index contributed by atoms with van der Waals surface area (Å²) in [7, 11) is 0. The molecule has 0 radical (unpaired) electrons. The van der Waals surface area contributed by atoms with Crippen molar-refractivity contribution in [1.82, 2.24) is 0 Å². The fourth-order valence-corrected chi connectivity index (χ4v) is 2.30. The molecule has 4 heteroatoms. The van der Waals surface area contributed by atoms with E-state index in [1.807, 2.05) is 30.3 Å². The Bertz CT molecular complexity index is 630. The molecule has 0 saturated heterocycles. The zero-order chi connectivity index (χ0) is 14.5. The van der Waals surface area contributed by atoms with Crippen LogP contribution in [0.1, 0.15) is 18.1 Å². The lowest BCUT2D eigenvalue weighted by atomic mass is 10.1. The molecule has 2 aromatic carbocycles. The quantitative estimate of drug-likeness (QED) is 0.871. The summed E-state index contributed by atoms with van der Waals surface area (Å²) in [6.45, 7) is 2.09. The Kier molecular flexibility index (Phi) is 4.89. The van der Waals surface area contributed by atoms with Gasteiger partial charge in [0.2, 0.25) is 0 Å². The molecule has 1 atom stereocenters. The highest BCUT2D eigenvalue weighted by Crippen LogP contribution is 2.21. The summed E-state index contributed by atoms with van der Waals surface area (Å²) >= 11 is 11.8. The maximum absolute atomic E-state index is 8.96. The highest BCUT2D eigenvalue weighted by Gasteiger charge is 2.06. The second kappa shape index (κ2) is 6.65. The topological polar surface area (TPSA) is 35.8 Å². The molecule has 0 saturated carbocycles. The Balaban J connectivity index is 2.03. The second-order valence-corrected chi connectivity index (χ2v) is 5.53. The van der Waals surface area contributed by atoms with Crippen LogP contribution < -0.4 is 5.32 Å². The number of nitrogens with zero attached hydrogens (tertiary/aromatic N) is 1. The van der Waals surface area contributed by atoms with Crippen LogP contribution in [0.5, 0.6) is 0 Å². The molecule has 0 aliphatic heterocycles. The third kappa shape index (κ3) is 3.90. The minimum Gasteiger partial charge on any atom is -0.382 e. The fourth-order valence-electron chi connectivity index (χ4n) is 2.01. The molecule has 2 aromatic rings. The van der Waals surface area contributed by atoms with E-state index < -0.39 is 0 Å². The number of nitrogens with one attached hydrogen (secondary N) is 1. The van der Waals surface area contributed by atoms with Gasteiger partial charge in [-0.1, -0.05) is 35.3 Å². The molecule has 0 heterocycles. The van der Waals surface area contributed by atoms with Crippen LogP contribution in [0.4, 0.5) is 5.69 Å². The highest BCUT2D eigenvalue weighted by molar-refractivity contribution is 6.31. The molecule has 1 N–H and O–H groups in total. The van der Waals surface area contributed by atoms with Gasteiger partial charge in [0.05, 0.1) is 10.6 Å². The van der Waals surface area contributed by atoms with Gasteiger partial charge in [-0.05, 0) is 49.2 Å². The van der Waals surface area contributed by atoms with Gasteiger partial charge in [0, 0.05) is 16.8 Å². The van der Waals surface area contributed by atoms with E-state index in [1.54, 1.807) is 12.1 Å². The van der Waals surface area contributed by atoms with Gasteiger partial charge in [-0.25, -0.2) is 0 Å². The molecule has 0 aliphatic carbocycles. The standard InChI is InChI=1S/C16H14Cl2N2/c1-11(8-12-2-4-14(17)5-3-12)20-15-6-7-16(18)13(9-15)10-19/h2-7,9,11,20H,8H2,1H3. The van der Waals surface area contributed by atoms with E-state index in [1.165, 1.54) is 5.56 Å². The van der Waals surface area contributed by atoms with Crippen molar-refractivity contribution in [3.05, 3.63) is 63.6 Å². The number of halogens is 2. The number of rotatable bonds is 4. The Hall–Kier alpha value is -1.69. The SMILES string of the molecule is CC(Cc1ccc(Cl)cc1)Nc1ccc(Cl)c(C#N)c1. The molecule has 0 amide bonds. The van der Waals surface area contributed by atoms with Crippen molar-refractivity contribution in [3.63, 3.8) is 0 Å². The lowest BCUT2D eigenvalue weighted by molar-refractivity contribution is 0.790. The minimum atomic E-state index is 0.240. The molecule has 2 nitrogen and oxygen atoms in total. The van der Waals surface area contributed by atoms with Crippen LogP contribution in [0.3, 0.4) is 0 Å². The highest BCUT2D eigenvalue weighted by atomic mass is 35.5. The number of hydrogen-bond acceptors (Lipinski definition) is 2. The van der Waals surface area contributed by atoms with Gasteiger partial charge in [-0.2, -0.15) is 5.26 Å². The van der Waals surface area contributed by atoms with Crippen molar-refractivity contribution >= 4 is 28.9 Å². The van der Waals surface area contributed by atoms with Gasteiger partial charge in [-0.15, -0.1) is 0 Å². The number of hydrogen-bond donors (Lipinski definition) is 1. The van der Waals surface area contributed by atoms with Crippen molar-refractivity contribution < 1.29 is 0 Å². The molecule has 102 valence electrons. The number of nitriles is 1. The first-order valence-corrected chi connectivity index (χ1v) is 7.04. The van der Waals surface area contributed by atoms with Crippen LogP contribution in [-0.4, -0.2) is 6.04 Å². The molecular weight excluding hydrogens is 291 g/mol. The smallest absolute Gasteiger partial charge is 0.101 e. The van der Waals surface area contributed by atoms with Crippen LogP contribution in [-0.2, 0) is 6.42 Å². The van der Waals surface area contributed by atoms with Crippen LogP contribution in [0.2, 0.25) is 10.0 Å². The zero-order valence-corrected chi connectivity index (χ0v) is 12.5. The fraction of sp³-hybridized carbons (Fsp3) is 0.188. The predicted octanol–water partition coefficient (Wildman–Crippen LogP) is 4.91. The lowest BCUT2D eigenvalue weighted by Gasteiger charge is -2.16. The average molecular weight is 305 g/mol. The second-order valence-electron chi connectivity index (χ2n) is 4.68. The molecule has 1 unspecified atom stereocenters. The molecule has 0 aliphatic rings. The Morgan fingerprint density at radius 2 is 1.85 bits per heavy atom. The minimum absolute atomic E-state index is 0.240. The summed E-state index contributed by atoms with van der Waals surface area (Å²) in [4.78, 5) is 0. The number of anilines is 1. The van der Waals surface area contributed by atoms with E-state index in [-0.39, 0.29) is 6.04 Å². The van der Waals surface area contributed by atoms with Crippen molar-refractivity contribution in [2.75, 3.05) is 5.32 Å². The third-order valence-electron chi connectivity index (χ3n) is 2.96. The van der Waals surface area contributed by atoms with Crippen LogP contribution in [0, 0.1) is 11.3 Å². The van der Waals surface area contributed by atoms with Gasteiger partial charge in [0.15, 0.2) is 0 Å². The zero-order valence-electron chi connectivity index (χ0n) is 11.0. The predicted molar refractivity (Wildman–Crippen MR) is 84.4 cm³/mol. The molecule has 20 heavy (non-hydrogen) atoms. The van der Waals surface area contributed by atoms with E-state index >= 15 is 0 Å². The van der Waals surface area contributed by atoms with Crippen LogP contribution >= 0.6 is 23.2 Å². The summed E-state index contributed by atoms with van der Waals surface area (Å²) in [5.41, 5.74) is 2.59. The molecule has 0 bridgehead atoms. The van der Waals surface area contributed by atoms with Gasteiger partial charge < -0.3 is 5.32 Å². The van der Waals surface area contributed by atoms with Gasteiger partial charge in [-0.3, -0.25) is 0 Å². The maximum atomic E-state index is 8.96. The first kappa shape index (κ1) is 14.7. The van der Waals surface area contributed by atoms with Crippen molar-refractivity contribution in [2.24, 2.45) is 0 Å². The van der Waals surface area contributed by atoms with E-state index in [2.05, 4.69) is 18.3 Å². The van der Waals surface area contributed by atoms with Crippen molar-refractivity contribution in [1.29, 1.82) is 5.26 Å². The molecule has 0 spiro atoms. The first-order chi connectivity index (χ1) is 9.58. The molecular formula is C16H14Cl2N2. The lowest BCUT2D eigenvalue weighted by Crippen LogP contribution is -2.18. The number of benzene rings is 2. The summed E-state index contributed by atoms with van der Waals surface area (Å²) in [6, 6.07) is 15.5. The van der Waals surface area contributed by atoms with E-state index in [9.17, 15) is 0 Å². The Morgan fingerprint density at radius 1 is 1.15 bits per heavy atom. The average Bonchev–Trinajstić information content (AvgIpc) is 2.43. The summed E-state index contributed by atoms with van der Waals surface area (Å²) < 4.78 is 0. The van der Waals surface area contributed by atoms with Crippen LogP contribution in [0.15, 0.2) is 42.5 Å². The maximum Gasteiger partial charge on any atom is 0.101 e. The van der Waals surface area contributed by atoms with Gasteiger partial charge in [0.1, 0.15) is 6.07 Å². The van der Waals surface area contributed by atoms with E-state index in [0.29, 0.717) is 10.6 Å². The summed E-state index contributed by atoms with van der Waals surface area (Å²) in [5, 5.41) is 13.5. The van der Waals surface area contributed by atoms with Crippen molar-refractivity contribution in [2.45, 2.75) is 19.4 Å². The van der Waals surface area contributed by atoms with E-state index in [0.717, 1.165) is 17.1 Å². The van der Waals surface area contributed by atoms with Crippen LogP contribution in [0.25, 0.3) is 0 Å². The largest absolute Gasteiger partial charge is 0.382 e. The summed E-state index contributed by atoms with van der Waals surface area (Å²) in [6.07, 6.45) is 0.877.